The third-order valence-corrected chi connectivity index (χ3v) is 4.46. The Morgan fingerprint density at radius 1 is 0.857 bits per heavy atom. The Kier molecular flexibility index (Phi) is 6.24. The number of rotatable bonds is 6. The van der Waals surface area contributed by atoms with Gasteiger partial charge in [0.1, 0.15) is 0 Å². The first-order chi connectivity index (χ1) is 10.1. The molecule has 0 fully saturated rings. The number of benzene rings is 2. The van der Waals surface area contributed by atoms with E-state index >= 15 is 0 Å². The van der Waals surface area contributed by atoms with Crippen LogP contribution in [-0.4, -0.2) is 6.54 Å². The van der Waals surface area contributed by atoms with Crippen molar-refractivity contribution in [1.82, 2.24) is 5.32 Å². The van der Waals surface area contributed by atoms with Gasteiger partial charge in [0, 0.05) is 3.57 Å². The van der Waals surface area contributed by atoms with Crippen LogP contribution in [0.5, 0.6) is 0 Å². The summed E-state index contributed by atoms with van der Waals surface area (Å²) in [7, 11) is 0. The maximum Gasteiger partial charge on any atom is 0.0576 e. The predicted molar refractivity (Wildman–Crippen MR) is 99.8 cm³/mol. The van der Waals surface area contributed by atoms with Crippen LogP contribution < -0.4 is 5.32 Å². The van der Waals surface area contributed by atoms with Crippen molar-refractivity contribution < 1.29 is 0 Å². The van der Waals surface area contributed by atoms with E-state index in [1.165, 1.54) is 20.3 Å². The summed E-state index contributed by atoms with van der Waals surface area (Å²) >= 11 is 2.35. The molecule has 1 atom stereocenters. The van der Waals surface area contributed by atoms with Gasteiger partial charge in [-0.3, -0.25) is 0 Å². The molecule has 0 aliphatic rings. The van der Waals surface area contributed by atoms with Crippen LogP contribution >= 0.6 is 22.6 Å². The quantitative estimate of drug-likeness (QED) is 0.639. The highest BCUT2D eigenvalue weighted by Gasteiger charge is 2.13. The molecule has 112 valence electrons. The Balaban J connectivity index is 2.28. The first-order valence-electron chi connectivity index (χ1n) is 7.70. The van der Waals surface area contributed by atoms with Crippen LogP contribution in [0.25, 0.3) is 0 Å². The highest BCUT2D eigenvalue weighted by atomic mass is 127. The van der Waals surface area contributed by atoms with Crippen LogP contribution in [0, 0.1) is 3.57 Å². The second kappa shape index (κ2) is 7.95. The highest BCUT2D eigenvalue weighted by molar-refractivity contribution is 14.1. The maximum absolute atomic E-state index is 3.67. The first-order valence-corrected chi connectivity index (χ1v) is 8.78. The largest absolute Gasteiger partial charge is 0.306 e. The van der Waals surface area contributed by atoms with Crippen molar-refractivity contribution in [3.8, 4) is 0 Å². The molecule has 0 spiro atoms. The van der Waals surface area contributed by atoms with Crippen LogP contribution in [0.4, 0.5) is 0 Å². The van der Waals surface area contributed by atoms with Crippen molar-refractivity contribution in [2.75, 3.05) is 6.54 Å². The Bertz CT molecular complexity index is 543. The third kappa shape index (κ3) is 4.55. The van der Waals surface area contributed by atoms with E-state index in [-0.39, 0.29) is 6.04 Å². The lowest BCUT2D eigenvalue weighted by Gasteiger charge is -2.20. The zero-order chi connectivity index (χ0) is 15.2. The summed E-state index contributed by atoms with van der Waals surface area (Å²) in [5.41, 5.74) is 4.07. The summed E-state index contributed by atoms with van der Waals surface area (Å²) in [6, 6.07) is 18.1. The first kappa shape index (κ1) is 16.5. The standard InChI is InChI=1S/C19H24IN/c1-4-13-21-19(17-9-11-18(20)12-10-17)16-7-5-15(6-8-16)14(2)3/h5-12,14,19,21H,4,13H2,1-3H3. The van der Waals surface area contributed by atoms with Gasteiger partial charge in [-0.1, -0.05) is 57.2 Å². The monoisotopic (exact) mass is 393 g/mol. The Morgan fingerprint density at radius 3 is 1.81 bits per heavy atom. The maximum atomic E-state index is 3.67. The van der Waals surface area contributed by atoms with Crippen LogP contribution in [0.15, 0.2) is 48.5 Å². The number of hydrogen-bond donors (Lipinski definition) is 1. The Hall–Kier alpha value is -0.870. The molecular formula is C19H24IN. The smallest absolute Gasteiger partial charge is 0.0576 e. The van der Waals surface area contributed by atoms with E-state index < -0.39 is 0 Å². The zero-order valence-electron chi connectivity index (χ0n) is 13.1. The third-order valence-electron chi connectivity index (χ3n) is 3.74. The SMILES string of the molecule is CCCNC(c1ccc(I)cc1)c1ccc(C(C)C)cc1. The van der Waals surface area contributed by atoms with Crippen molar-refractivity contribution in [1.29, 1.82) is 0 Å². The minimum atomic E-state index is 0.281. The van der Waals surface area contributed by atoms with Crippen molar-refractivity contribution in [3.05, 3.63) is 68.8 Å². The van der Waals surface area contributed by atoms with Crippen LogP contribution in [0.2, 0.25) is 0 Å². The fourth-order valence-electron chi connectivity index (χ4n) is 2.45. The van der Waals surface area contributed by atoms with Gasteiger partial charge in [-0.25, -0.2) is 0 Å². The van der Waals surface area contributed by atoms with E-state index in [9.17, 15) is 0 Å². The van der Waals surface area contributed by atoms with E-state index in [1.54, 1.807) is 0 Å². The molecule has 0 bridgehead atoms. The number of halogens is 1. The molecule has 0 saturated carbocycles. The molecule has 0 amide bonds. The minimum absolute atomic E-state index is 0.281. The second-order valence-electron chi connectivity index (χ2n) is 5.76. The van der Waals surface area contributed by atoms with E-state index in [1.807, 2.05) is 0 Å². The van der Waals surface area contributed by atoms with E-state index in [2.05, 4.69) is 97.2 Å². The molecule has 1 nitrogen and oxygen atoms in total. The van der Waals surface area contributed by atoms with Crippen molar-refractivity contribution in [2.45, 2.75) is 39.2 Å². The van der Waals surface area contributed by atoms with Crippen molar-refractivity contribution in [3.63, 3.8) is 0 Å². The lowest BCUT2D eigenvalue weighted by molar-refractivity contribution is 0.598. The average Bonchev–Trinajstić information content (AvgIpc) is 2.50. The molecule has 1 N–H and O–H groups in total. The zero-order valence-corrected chi connectivity index (χ0v) is 15.2. The van der Waals surface area contributed by atoms with Gasteiger partial charge in [0.05, 0.1) is 6.04 Å². The van der Waals surface area contributed by atoms with Gasteiger partial charge >= 0.3 is 0 Å². The van der Waals surface area contributed by atoms with Gasteiger partial charge in [-0.15, -0.1) is 0 Å². The summed E-state index contributed by atoms with van der Waals surface area (Å²) in [5.74, 6) is 0.583. The Labute approximate surface area is 142 Å². The second-order valence-corrected chi connectivity index (χ2v) is 7.01. The molecule has 2 heteroatoms. The number of hydrogen-bond acceptors (Lipinski definition) is 1. The fourth-order valence-corrected chi connectivity index (χ4v) is 2.81. The summed E-state index contributed by atoms with van der Waals surface area (Å²) in [6.07, 6.45) is 1.14. The van der Waals surface area contributed by atoms with Gasteiger partial charge < -0.3 is 5.32 Å². The van der Waals surface area contributed by atoms with Gasteiger partial charge in [-0.2, -0.15) is 0 Å². The van der Waals surface area contributed by atoms with Crippen molar-refractivity contribution in [2.24, 2.45) is 0 Å². The molecule has 1 unspecified atom stereocenters. The van der Waals surface area contributed by atoms with E-state index in [0.717, 1.165) is 13.0 Å². The Morgan fingerprint density at radius 2 is 1.33 bits per heavy atom. The summed E-state index contributed by atoms with van der Waals surface area (Å²) in [4.78, 5) is 0. The molecule has 0 aromatic heterocycles. The lowest BCUT2D eigenvalue weighted by atomic mass is 9.95. The topological polar surface area (TPSA) is 12.0 Å². The van der Waals surface area contributed by atoms with Gasteiger partial charge in [0.15, 0.2) is 0 Å². The van der Waals surface area contributed by atoms with Crippen LogP contribution in [0.3, 0.4) is 0 Å². The predicted octanol–water partition coefficient (Wildman–Crippen LogP) is 5.50. The minimum Gasteiger partial charge on any atom is -0.306 e. The average molecular weight is 393 g/mol. The molecule has 0 aliphatic heterocycles. The van der Waals surface area contributed by atoms with E-state index in [4.69, 9.17) is 0 Å². The molecule has 0 saturated heterocycles. The van der Waals surface area contributed by atoms with Gasteiger partial charge in [-0.05, 0) is 70.3 Å². The molecule has 2 rings (SSSR count). The molecular weight excluding hydrogens is 369 g/mol. The summed E-state index contributed by atoms with van der Waals surface area (Å²) < 4.78 is 1.28. The number of nitrogens with one attached hydrogen (secondary N) is 1. The normalized spacial score (nSPS) is 12.6. The fraction of sp³-hybridized carbons (Fsp3) is 0.368. The highest BCUT2D eigenvalue weighted by Crippen LogP contribution is 2.25. The van der Waals surface area contributed by atoms with Crippen LogP contribution in [-0.2, 0) is 0 Å². The van der Waals surface area contributed by atoms with Crippen LogP contribution in [0.1, 0.15) is 55.8 Å². The summed E-state index contributed by atoms with van der Waals surface area (Å²) in [6.45, 7) is 7.71. The molecule has 0 radical (unpaired) electrons. The van der Waals surface area contributed by atoms with Gasteiger partial charge in [0.2, 0.25) is 0 Å². The molecule has 2 aromatic carbocycles. The van der Waals surface area contributed by atoms with Crippen molar-refractivity contribution >= 4 is 22.6 Å². The molecule has 21 heavy (non-hydrogen) atoms. The molecule has 0 heterocycles. The lowest BCUT2D eigenvalue weighted by Crippen LogP contribution is -2.23. The van der Waals surface area contributed by atoms with E-state index in [0.29, 0.717) is 5.92 Å². The van der Waals surface area contributed by atoms with Gasteiger partial charge in [0.25, 0.3) is 0 Å². The molecule has 0 aliphatic carbocycles. The molecule has 2 aromatic rings. The summed E-state index contributed by atoms with van der Waals surface area (Å²) in [5, 5.41) is 3.67.